The molecule has 0 saturated heterocycles. The molecule has 1 aliphatic rings. The minimum Gasteiger partial charge on any atom is -0.267 e. The first-order valence-electron chi connectivity index (χ1n) is 13.0. The molecule has 4 aromatic rings. The number of aromatic nitrogens is 6. The number of halogens is 6. The van der Waals surface area contributed by atoms with Crippen molar-refractivity contribution >= 4 is 0 Å². The summed E-state index contributed by atoms with van der Waals surface area (Å²) in [6, 6.07) is 6.68. The van der Waals surface area contributed by atoms with Crippen molar-refractivity contribution < 1.29 is 26.3 Å². The fourth-order valence-electron chi connectivity index (χ4n) is 4.87. The maximum absolute atomic E-state index is 13.7. The molecule has 1 saturated carbocycles. The van der Waals surface area contributed by atoms with E-state index in [0.29, 0.717) is 5.56 Å². The molecule has 0 atom stereocenters. The molecule has 7 nitrogen and oxygen atoms in total. The van der Waals surface area contributed by atoms with Crippen LogP contribution in [0.4, 0.5) is 26.3 Å². The van der Waals surface area contributed by atoms with E-state index in [9.17, 15) is 31.1 Å². The molecular formula is C28H28F6N6O. The van der Waals surface area contributed by atoms with Gasteiger partial charge in [-0.1, -0.05) is 19.3 Å². The zero-order valence-electron chi connectivity index (χ0n) is 22.4. The van der Waals surface area contributed by atoms with Gasteiger partial charge in [0.25, 0.3) is 12.0 Å². The molecule has 0 radical (unpaired) electrons. The largest absolute Gasteiger partial charge is 0.418 e. The Morgan fingerprint density at radius 1 is 1.05 bits per heavy atom. The van der Waals surface area contributed by atoms with E-state index in [2.05, 4.69) is 20.2 Å². The molecule has 0 aromatic carbocycles. The smallest absolute Gasteiger partial charge is 0.267 e. The van der Waals surface area contributed by atoms with Crippen molar-refractivity contribution in [2.45, 2.75) is 64.1 Å². The van der Waals surface area contributed by atoms with Crippen molar-refractivity contribution in [1.29, 1.82) is 0 Å². The van der Waals surface area contributed by atoms with Gasteiger partial charge in [-0.25, -0.2) is 18.4 Å². The van der Waals surface area contributed by atoms with Gasteiger partial charge in [0.15, 0.2) is 0 Å². The van der Waals surface area contributed by atoms with Crippen LogP contribution in [0.3, 0.4) is 0 Å². The number of hydrogen-bond donors (Lipinski definition) is 0. The van der Waals surface area contributed by atoms with Gasteiger partial charge in [0.1, 0.15) is 5.69 Å². The first kappa shape index (κ1) is 29.9. The van der Waals surface area contributed by atoms with Crippen molar-refractivity contribution in [3.05, 3.63) is 93.3 Å². The molecule has 4 aromatic heterocycles. The van der Waals surface area contributed by atoms with Crippen LogP contribution in [0.1, 0.15) is 72.5 Å². The maximum atomic E-state index is 13.7. The first-order chi connectivity index (χ1) is 19.5. The van der Waals surface area contributed by atoms with Crippen molar-refractivity contribution in [1.82, 2.24) is 29.5 Å². The average molecular weight is 579 g/mol. The summed E-state index contributed by atoms with van der Waals surface area (Å²) in [5.41, 5.74) is -0.878. The van der Waals surface area contributed by atoms with Crippen LogP contribution in [0, 0.1) is 12.9 Å². The van der Waals surface area contributed by atoms with Crippen molar-refractivity contribution in [3.63, 3.8) is 0 Å². The summed E-state index contributed by atoms with van der Waals surface area (Å²) in [5.74, 6) is -0.526. The molecule has 0 unspecified atom stereocenters. The molecule has 1 aliphatic carbocycles. The third-order valence-corrected chi connectivity index (χ3v) is 6.89. The molecular weight excluding hydrogens is 550 g/mol. The molecule has 218 valence electrons. The van der Waals surface area contributed by atoms with E-state index in [1.165, 1.54) is 37.8 Å². The Labute approximate surface area is 231 Å². The van der Waals surface area contributed by atoms with E-state index in [0.717, 1.165) is 59.2 Å². The van der Waals surface area contributed by atoms with E-state index >= 15 is 0 Å². The van der Waals surface area contributed by atoms with Gasteiger partial charge in [0.05, 0.1) is 29.7 Å². The van der Waals surface area contributed by atoms with E-state index in [-0.39, 0.29) is 28.6 Å². The van der Waals surface area contributed by atoms with Crippen LogP contribution in [0.15, 0.2) is 53.7 Å². The monoisotopic (exact) mass is 578 g/mol. The molecule has 0 spiro atoms. The zero-order valence-corrected chi connectivity index (χ0v) is 22.4. The average Bonchev–Trinajstić information content (AvgIpc) is 3.32. The third-order valence-electron chi connectivity index (χ3n) is 6.89. The standard InChI is InChI=1S/C22H22F5N5O.C6H6FN/c1-31-19(20(23)24)15(11-29-31)17-10-14(13-6-3-2-4-7-13)21(33)32(30-17)12-18-16(22(25,26)27)8-5-9-28-18;1-5-2-3-8-6(7)4-5/h5,8-11,13,20H,2-4,6-7,12H2,1H3;2-4H,1H3. The van der Waals surface area contributed by atoms with Crippen LogP contribution in [-0.2, 0) is 19.8 Å². The Morgan fingerprint density at radius 3 is 2.39 bits per heavy atom. The lowest BCUT2D eigenvalue weighted by atomic mass is 9.84. The van der Waals surface area contributed by atoms with Gasteiger partial charge in [0, 0.05) is 30.6 Å². The first-order valence-corrected chi connectivity index (χ1v) is 13.0. The minimum atomic E-state index is -4.66. The number of rotatable bonds is 5. The molecule has 0 bridgehead atoms. The fraction of sp³-hybridized carbons (Fsp3) is 0.393. The van der Waals surface area contributed by atoms with Gasteiger partial charge < -0.3 is 0 Å². The van der Waals surface area contributed by atoms with E-state index in [1.807, 2.05) is 6.92 Å². The highest BCUT2D eigenvalue weighted by molar-refractivity contribution is 5.62. The molecule has 5 rings (SSSR count). The van der Waals surface area contributed by atoms with Gasteiger partial charge in [-0.15, -0.1) is 0 Å². The highest BCUT2D eigenvalue weighted by Crippen LogP contribution is 2.35. The van der Waals surface area contributed by atoms with E-state index < -0.39 is 36.2 Å². The number of aryl methyl sites for hydroxylation is 2. The SMILES string of the molecule is Cc1ccnc(F)c1.Cn1ncc(-c2cc(C3CCCCC3)c(=O)n(Cc3ncccc3C(F)(F)F)n2)c1C(F)F. The lowest BCUT2D eigenvalue weighted by Crippen LogP contribution is -2.30. The van der Waals surface area contributed by atoms with Crippen molar-refractivity contribution in [2.24, 2.45) is 7.05 Å². The summed E-state index contributed by atoms with van der Waals surface area (Å²) < 4.78 is 81.8. The van der Waals surface area contributed by atoms with Crippen LogP contribution < -0.4 is 5.56 Å². The van der Waals surface area contributed by atoms with Crippen LogP contribution in [0.25, 0.3) is 11.3 Å². The summed E-state index contributed by atoms with van der Waals surface area (Å²) in [7, 11) is 1.37. The van der Waals surface area contributed by atoms with E-state index in [1.54, 1.807) is 6.07 Å². The maximum Gasteiger partial charge on any atom is 0.418 e. The highest BCUT2D eigenvalue weighted by atomic mass is 19.4. The summed E-state index contributed by atoms with van der Waals surface area (Å²) in [5, 5.41) is 8.07. The second kappa shape index (κ2) is 12.6. The minimum absolute atomic E-state index is 0.0374. The predicted octanol–water partition coefficient (Wildman–Crippen LogP) is 6.62. The Hall–Kier alpha value is -4.03. The summed E-state index contributed by atoms with van der Waals surface area (Å²) in [6.45, 7) is 1.29. The van der Waals surface area contributed by atoms with Gasteiger partial charge in [-0.3, -0.25) is 14.5 Å². The van der Waals surface area contributed by atoms with Gasteiger partial charge >= 0.3 is 6.18 Å². The molecule has 0 aliphatic heterocycles. The van der Waals surface area contributed by atoms with Crippen molar-refractivity contribution in [2.75, 3.05) is 0 Å². The lowest BCUT2D eigenvalue weighted by molar-refractivity contribution is -0.138. The molecule has 0 N–H and O–H groups in total. The topological polar surface area (TPSA) is 78.5 Å². The lowest BCUT2D eigenvalue weighted by Gasteiger charge is -2.22. The van der Waals surface area contributed by atoms with Crippen LogP contribution in [-0.4, -0.2) is 29.5 Å². The number of pyridine rings is 2. The second-order valence-electron chi connectivity index (χ2n) is 9.80. The Morgan fingerprint density at radius 2 is 1.78 bits per heavy atom. The van der Waals surface area contributed by atoms with E-state index in [4.69, 9.17) is 0 Å². The van der Waals surface area contributed by atoms with Crippen molar-refractivity contribution in [3.8, 4) is 11.3 Å². The molecule has 1 fully saturated rings. The van der Waals surface area contributed by atoms with Gasteiger partial charge in [-0.2, -0.15) is 27.8 Å². The van der Waals surface area contributed by atoms with Crippen LogP contribution in [0.2, 0.25) is 0 Å². The number of hydrogen-bond acceptors (Lipinski definition) is 5. The highest BCUT2D eigenvalue weighted by Gasteiger charge is 2.34. The molecule has 4 heterocycles. The third kappa shape index (κ3) is 7.19. The van der Waals surface area contributed by atoms with Gasteiger partial charge in [-0.05, 0) is 61.6 Å². The van der Waals surface area contributed by atoms with Crippen LogP contribution >= 0.6 is 0 Å². The number of nitrogens with zero attached hydrogens (tertiary/aromatic N) is 6. The zero-order chi connectivity index (χ0) is 29.7. The summed E-state index contributed by atoms with van der Waals surface area (Å²) in [4.78, 5) is 20.5. The molecule has 0 amide bonds. The summed E-state index contributed by atoms with van der Waals surface area (Å²) in [6.07, 6.45) is 0.709. The Bertz CT molecular complexity index is 1520. The quantitative estimate of drug-likeness (QED) is 0.197. The Kier molecular flexibility index (Phi) is 9.24. The van der Waals surface area contributed by atoms with Gasteiger partial charge in [0.2, 0.25) is 5.95 Å². The van der Waals surface area contributed by atoms with Crippen LogP contribution in [0.5, 0.6) is 0 Å². The Balaban J connectivity index is 0.000000417. The molecule has 13 heteroatoms. The molecule has 41 heavy (non-hydrogen) atoms. The second-order valence-corrected chi connectivity index (χ2v) is 9.80. The summed E-state index contributed by atoms with van der Waals surface area (Å²) >= 11 is 0. The normalized spacial score (nSPS) is 14.2. The fourth-order valence-corrected chi connectivity index (χ4v) is 4.87. The predicted molar refractivity (Wildman–Crippen MR) is 139 cm³/mol. The number of alkyl halides is 5.